The van der Waals surface area contributed by atoms with Gasteiger partial charge < -0.3 is 9.47 Å². The van der Waals surface area contributed by atoms with E-state index in [0.717, 1.165) is 28.2 Å². The van der Waals surface area contributed by atoms with E-state index >= 15 is 0 Å². The molecule has 1 aliphatic rings. The molecule has 0 bridgehead atoms. The third-order valence-electron chi connectivity index (χ3n) is 6.48. The van der Waals surface area contributed by atoms with Gasteiger partial charge >= 0.3 is 5.97 Å². The number of aryl methyl sites for hydroxylation is 1. The molecule has 0 N–H and O–H groups in total. The minimum absolute atomic E-state index is 0.232. The standard InChI is InChI=1S/C28H26N4O4S/c1-16-22(18(3)32(30-16)20-9-7-6-8-10-20)15-23-26(33)31-25(19-11-13-21(35-4)14-12-19)24(27(34)36-5)17(2)29-28(31)37-23/h6-15,25H,1-5H3/b23-15+/t25-/m1/s1. The highest BCUT2D eigenvalue weighted by atomic mass is 32.1. The Morgan fingerprint density at radius 1 is 1.03 bits per heavy atom. The minimum Gasteiger partial charge on any atom is -0.497 e. The number of thiazole rings is 1. The molecular formula is C28H26N4O4S. The highest BCUT2D eigenvalue weighted by Gasteiger charge is 2.33. The van der Waals surface area contributed by atoms with E-state index in [-0.39, 0.29) is 5.56 Å². The monoisotopic (exact) mass is 514 g/mol. The smallest absolute Gasteiger partial charge is 0.338 e. The van der Waals surface area contributed by atoms with Gasteiger partial charge in [-0.05, 0) is 56.7 Å². The van der Waals surface area contributed by atoms with Gasteiger partial charge in [0.1, 0.15) is 5.75 Å². The fourth-order valence-corrected chi connectivity index (χ4v) is 5.64. The Labute approximate surface area is 217 Å². The summed E-state index contributed by atoms with van der Waals surface area (Å²) in [6.07, 6.45) is 1.86. The number of allylic oxidation sites excluding steroid dienone is 1. The summed E-state index contributed by atoms with van der Waals surface area (Å²) in [5.74, 6) is 0.157. The molecule has 0 radical (unpaired) electrons. The highest BCUT2D eigenvalue weighted by molar-refractivity contribution is 7.07. The minimum atomic E-state index is -0.675. The summed E-state index contributed by atoms with van der Waals surface area (Å²) in [6.45, 7) is 5.67. The first-order valence-electron chi connectivity index (χ1n) is 11.7. The number of nitrogens with zero attached hydrogens (tertiary/aromatic N) is 4. The van der Waals surface area contributed by atoms with E-state index in [1.165, 1.54) is 18.4 Å². The number of fused-ring (bicyclic) bond motifs is 1. The zero-order valence-electron chi connectivity index (χ0n) is 21.2. The quantitative estimate of drug-likeness (QED) is 0.382. The highest BCUT2D eigenvalue weighted by Crippen LogP contribution is 2.31. The van der Waals surface area contributed by atoms with Crippen LogP contribution in [0, 0.1) is 13.8 Å². The second-order valence-corrected chi connectivity index (χ2v) is 9.69. The number of esters is 1. The second kappa shape index (κ2) is 9.67. The lowest BCUT2D eigenvalue weighted by Gasteiger charge is -2.24. The molecule has 8 nitrogen and oxygen atoms in total. The maximum atomic E-state index is 13.8. The second-order valence-electron chi connectivity index (χ2n) is 8.68. The van der Waals surface area contributed by atoms with Crippen LogP contribution in [-0.2, 0) is 9.53 Å². The van der Waals surface area contributed by atoms with E-state index in [2.05, 4.69) is 4.99 Å². The van der Waals surface area contributed by atoms with Crippen LogP contribution in [0.3, 0.4) is 0 Å². The van der Waals surface area contributed by atoms with Gasteiger partial charge in [-0.3, -0.25) is 9.36 Å². The molecule has 2 aromatic heterocycles. The number of carbonyl (C=O) groups excluding carboxylic acids is 1. The molecule has 0 spiro atoms. The predicted octanol–water partition coefficient (Wildman–Crippen LogP) is 3.22. The lowest BCUT2D eigenvalue weighted by Crippen LogP contribution is -2.39. The Morgan fingerprint density at radius 3 is 2.38 bits per heavy atom. The average Bonchev–Trinajstić information content (AvgIpc) is 3.38. The number of rotatable bonds is 5. The van der Waals surface area contributed by atoms with Crippen molar-refractivity contribution in [3.63, 3.8) is 0 Å². The van der Waals surface area contributed by atoms with Crippen LogP contribution in [0.1, 0.15) is 35.5 Å². The SMILES string of the molecule is COC(=O)C1=C(C)N=c2s/c(=C/c3c(C)nn(-c4ccccc4)c3C)c(=O)n2[C@@H]1c1ccc(OC)cc1. The van der Waals surface area contributed by atoms with Gasteiger partial charge in [0.15, 0.2) is 4.80 Å². The Hall–Kier alpha value is -4.24. The lowest BCUT2D eigenvalue weighted by molar-refractivity contribution is -0.136. The summed E-state index contributed by atoms with van der Waals surface area (Å²) >= 11 is 1.29. The van der Waals surface area contributed by atoms with Crippen molar-refractivity contribution in [2.75, 3.05) is 14.2 Å². The molecule has 188 valence electrons. The van der Waals surface area contributed by atoms with E-state index in [1.54, 1.807) is 30.7 Å². The van der Waals surface area contributed by atoms with Gasteiger partial charge in [-0.15, -0.1) is 0 Å². The first kappa shape index (κ1) is 24.5. The molecular weight excluding hydrogens is 488 g/mol. The van der Waals surface area contributed by atoms with E-state index in [1.807, 2.05) is 67.1 Å². The largest absolute Gasteiger partial charge is 0.497 e. The van der Waals surface area contributed by atoms with Crippen LogP contribution in [0.15, 0.2) is 75.7 Å². The fourth-order valence-electron chi connectivity index (χ4n) is 4.61. The number of para-hydroxylation sites is 1. The first-order chi connectivity index (χ1) is 17.8. The molecule has 0 fully saturated rings. The molecule has 9 heteroatoms. The van der Waals surface area contributed by atoms with Crippen LogP contribution in [0.5, 0.6) is 5.75 Å². The van der Waals surface area contributed by atoms with Crippen LogP contribution in [0.4, 0.5) is 0 Å². The number of methoxy groups -OCH3 is 2. The Bertz CT molecular complexity index is 1710. The third kappa shape index (κ3) is 4.21. The summed E-state index contributed by atoms with van der Waals surface area (Å²) in [4.78, 5) is 31.8. The first-order valence-corrected chi connectivity index (χ1v) is 12.5. The zero-order chi connectivity index (χ0) is 26.3. The molecule has 3 heterocycles. The maximum absolute atomic E-state index is 13.8. The van der Waals surface area contributed by atoms with Crippen molar-refractivity contribution in [1.29, 1.82) is 0 Å². The third-order valence-corrected chi connectivity index (χ3v) is 7.46. The van der Waals surface area contributed by atoms with Crippen molar-refractivity contribution in [1.82, 2.24) is 14.3 Å². The van der Waals surface area contributed by atoms with Gasteiger partial charge in [-0.2, -0.15) is 5.10 Å². The van der Waals surface area contributed by atoms with Crippen molar-refractivity contribution in [2.24, 2.45) is 4.99 Å². The summed E-state index contributed by atoms with van der Waals surface area (Å²) in [6, 6.07) is 16.5. The number of carbonyl (C=O) groups is 1. The van der Waals surface area contributed by atoms with Crippen molar-refractivity contribution in [3.05, 3.63) is 108 Å². The van der Waals surface area contributed by atoms with Crippen LogP contribution in [0.25, 0.3) is 11.8 Å². The van der Waals surface area contributed by atoms with Crippen molar-refractivity contribution in [2.45, 2.75) is 26.8 Å². The van der Waals surface area contributed by atoms with E-state index < -0.39 is 12.0 Å². The molecule has 0 unspecified atom stereocenters. The molecule has 37 heavy (non-hydrogen) atoms. The summed E-state index contributed by atoms with van der Waals surface area (Å²) < 4.78 is 14.3. The summed E-state index contributed by atoms with van der Waals surface area (Å²) in [7, 11) is 2.92. The van der Waals surface area contributed by atoms with Gasteiger partial charge in [-0.1, -0.05) is 41.7 Å². The topological polar surface area (TPSA) is 87.7 Å². The molecule has 1 atom stereocenters. The van der Waals surface area contributed by atoms with Gasteiger partial charge in [-0.25, -0.2) is 14.5 Å². The Balaban J connectivity index is 1.70. The Morgan fingerprint density at radius 2 is 1.73 bits per heavy atom. The molecule has 4 aromatic rings. The lowest BCUT2D eigenvalue weighted by atomic mass is 9.96. The van der Waals surface area contributed by atoms with Crippen molar-refractivity contribution >= 4 is 23.4 Å². The van der Waals surface area contributed by atoms with Gasteiger partial charge in [0.05, 0.1) is 47.4 Å². The average molecular weight is 515 g/mol. The summed E-state index contributed by atoms with van der Waals surface area (Å²) in [5, 5.41) is 4.70. The van der Waals surface area contributed by atoms with Gasteiger partial charge in [0.25, 0.3) is 5.56 Å². The van der Waals surface area contributed by atoms with E-state index in [0.29, 0.717) is 26.4 Å². The number of hydrogen-bond acceptors (Lipinski definition) is 7. The van der Waals surface area contributed by atoms with Gasteiger partial charge in [0, 0.05) is 11.3 Å². The zero-order valence-corrected chi connectivity index (χ0v) is 22.0. The molecule has 0 saturated carbocycles. The fraction of sp³-hybridized carbons (Fsp3) is 0.214. The Kier molecular flexibility index (Phi) is 6.39. The molecule has 5 rings (SSSR count). The normalized spacial score (nSPS) is 15.4. The van der Waals surface area contributed by atoms with E-state index in [9.17, 15) is 9.59 Å². The van der Waals surface area contributed by atoms with Gasteiger partial charge in [0.2, 0.25) is 0 Å². The van der Waals surface area contributed by atoms with Crippen molar-refractivity contribution < 1.29 is 14.3 Å². The van der Waals surface area contributed by atoms with Crippen molar-refractivity contribution in [3.8, 4) is 11.4 Å². The molecule has 0 amide bonds. The van der Waals surface area contributed by atoms with Crippen LogP contribution in [-0.4, -0.2) is 34.5 Å². The van der Waals surface area contributed by atoms with E-state index in [4.69, 9.17) is 14.6 Å². The predicted molar refractivity (Wildman–Crippen MR) is 142 cm³/mol. The van der Waals surface area contributed by atoms with Crippen LogP contribution < -0.4 is 19.6 Å². The number of hydrogen-bond donors (Lipinski definition) is 0. The van der Waals surface area contributed by atoms with Crippen LogP contribution in [0.2, 0.25) is 0 Å². The summed E-state index contributed by atoms with van der Waals surface area (Å²) in [5.41, 5.74) is 4.93. The molecule has 0 aliphatic carbocycles. The number of aromatic nitrogens is 3. The number of benzene rings is 2. The number of ether oxygens (including phenoxy) is 2. The van der Waals surface area contributed by atoms with Crippen LogP contribution >= 0.6 is 11.3 Å². The molecule has 2 aromatic carbocycles. The maximum Gasteiger partial charge on any atom is 0.338 e. The molecule has 1 aliphatic heterocycles. The molecule has 0 saturated heterocycles.